The van der Waals surface area contributed by atoms with E-state index >= 15 is 0 Å². The second-order valence-electron chi connectivity index (χ2n) is 4.49. The fourth-order valence-electron chi connectivity index (χ4n) is 1.71. The zero-order chi connectivity index (χ0) is 15.0. The summed E-state index contributed by atoms with van der Waals surface area (Å²) in [6.45, 7) is 5.15. The van der Waals surface area contributed by atoms with Crippen molar-refractivity contribution in [3.05, 3.63) is 17.3 Å². The van der Waals surface area contributed by atoms with E-state index in [0.29, 0.717) is 23.9 Å². The zero-order valence-corrected chi connectivity index (χ0v) is 13.5. The highest BCUT2D eigenvalue weighted by Crippen LogP contribution is 2.22. The molecule has 0 aliphatic heterocycles. The third-order valence-corrected chi connectivity index (χ3v) is 4.51. The van der Waals surface area contributed by atoms with Crippen LogP contribution in [0.15, 0.2) is 17.2 Å². The van der Waals surface area contributed by atoms with Gasteiger partial charge in [0, 0.05) is 19.3 Å². The topological polar surface area (TPSA) is 71.1 Å². The van der Waals surface area contributed by atoms with Gasteiger partial charge in [0.2, 0.25) is 10.0 Å². The van der Waals surface area contributed by atoms with E-state index in [-0.39, 0.29) is 4.90 Å². The number of hydrogen-bond acceptors (Lipinski definition) is 4. The van der Waals surface area contributed by atoms with Crippen LogP contribution in [0.1, 0.15) is 39.5 Å². The number of sulfonamides is 1. The summed E-state index contributed by atoms with van der Waals surface area (Å²) in [5.74, 6) is 0.496. The molecule has 0 amide bonds. The van der Waals surface area contributed by atoms with Crippen molar-refractivity contribution in [1.29, 1.82) is 0 Å². The fourth-order valence-corrected chi connectivity index (χ4v) is 3.05. The lowest BCUT2D eigenvalue weighted by atomic mass is 10.2. The van der Waals surface area contributed by atoms with Crippen molar-refractivity contribution in [2.45, 2.75) is 44.4 Å². The summed E-state index contributed by atoms with van der Waals surface area (Å²) in [5.41, 5.74) is 0. The molecule has 7 heteroatoms. The van der Waals surface area contributed by atoms with Gasteiger partial charge in [0.15, 0.2) is 0 Å². The lowest BCUT2D eigenvalue weighted by Crippen LogP contribution is -2.25. The number of pyridine rings is 1. The molecule has 5 nitrogen and oxygen atoms in total. The quantitative estimate of drug-likeness (QED) is 0.686. The van der Waals surface area contributed by atoms with Gasteiger partial charge in [-0.1, -0.05) is 37.8 Å². The van der Waals surface area contributed by atoms with Crippen molar-refractivity contribution in [3.8, 4) is 0 Å². The molecule has 20 heavy (non-hydrogen) atoms. The van der Waals surface area contributed by atoms with Gasteiger partial charge in [-0.05, 0) is 19.4 Å². The highest BCUT2D eigenvalue weighted by atomic mass is 35.5. The molecule has 0 aliphatic carbocycles. The third kappa shape index (κ3) is 5.26. The SMILES string of the molecule is CCCCCCNS(=O)(=O)c1cnc(NCC)c(Cl)c1. The van der Waals surface area contributed by atoms with E-state index < -0.39 is 10.0 Å². The van der Waals surface area contributed by atoms with Crippen molar-refractivity contribution in [2.75, 3.05) is 18.4 Å². The Kier molecular flexibility index (Phi) is 7.26. The van der Waals surface area contributed by atoms with Gasteiger partial charge in [-0.2, -0.15) is 0 Å². The smallest absolute Gasteiger partial charge is 0.242 e. The average Bonchev–Trinajstić information content (AvgIpc) is 2.41. The average molecular weight is 320 g/mol. The zero-order valence-electron chi connectivity index (χ0n) is 11.9. The Bertz CT molecular complexity index is 520. The number of nitrogens with one attached hydrogen (secondary N) is 2. The number of anilines is 1. The standard InChI is InChI=1S/C13H22ClN3O2S/c1-3-5-6-7-8-17-20(18,19)11-9-12(14)13(15-4-2)16-10-11/h9-10,17H,3-8H2,1-2H3,(H,15,16). The minimum Gasteiger partial charge on any atom is -0.369 e. The minimum absolute atomic E-state index is 0.0969. The summed E-state index contributed by atoms with van der Waals surface area (Å²) in [6, 6.07) is 1.42. The van der Waals surface area contributed by atoms with Crippen LogP contribution >= 0.6 is 11.6 Å². The molecule has 1 aromatic heterocycles. The third-order valence-electron chi connectivity index (χ3n) is 2.79. The van der Waals surface area contributed by atoms with E-state index in [1.165, 1.54) is 12.3 Å². The van der Waals surface area contributed by atoms with Gasteiger partial charge in [0.05, 0.1) is 5.02 Å². The highest BCUT2D eigenvalue weighted by molar-refractivity contribution is 7.89. The molecule has 0 radical (unpaired) electrons. The van der Waals surface area contributed by atoms with Crippen LogP contribution < -0.4 is 10.0 Å². The molecule has 2 N–H and O–H groups in total. The first kappa shape index (κ1) is 17.2. The monoisotopic (exact) mass is 319 g/mol. The van der Waals surface area contributed by atoms with E-state index in [9.17, 15) is 8.42 Å². The van der Waals surface area contributed by atoms with E-state index in [2.05, 4.69) is 21.9 Å². The Morgan fingerprint density at radius 3 is 2.60 bits per heavy atom. The van der Waals surface area contributed by atoms with E-state index in [1.54, 1.807) is 0 Å². The number of rotatable bonds is 9. The Morgan fingerprint density at radius 2 is 2.00 bits per heavy atom. The van der Waals surface area contributed by atoms with Gasteiger partial charge in [-0.15, -0.1) is 0 Å². The second-order valence-corrected chi connectivity index (χ2v) is 6.66. The molecule has 114 valence electrons. The number of nitrogens with zero attached hydrogens (tertiary/aromatic N) is 1. The maximum absolute atomic E-state index is 12.1. The van der Waals surface area contributed by atoms with E-state index in [4.69, 9.17) is 11.6 Å². The van der Waals surface area contributed by atoms with Crippen LogP contribution in [0, 0.1) is 0 Å². The van der Waals surface area contributed by atoms with E-state index in [0.717, 1.165) is 25.7 Å². The summed E-state index contributed by atoms with van der Waals surface area (Å²) >= 11 is 6.00. The molecule has 0 spiro atoms. The number of unbranched alkanes of at least 4 members (excludes halogenated alkanes) is 3. The molecule has 0 atom stereocenters. The Morgan fingerprint density at radius 1 is 1.25 bits per heavy atom. The number of hydrogen-bond donors (Lipinski definition) is 2. The van der Waals surface area contributed by atoms with Crippen molar-refractivity contribution in [1.82, 2.24) is 9.71 Å². The molecule has 1 rings (SSSR count). The molecule has 0 aliphatic rings. The van der Waals surface area contributed by atoms with Gasteiger partial charge < -0.3 is 5.32 Å². The van der Waals surface area contributed by atoms with Crippen LogP contribution in [-0.2, 0) is 10.0 Å². The van der Waals surface area contributed by atoms with Crippen LogP contribution in [0.4, 0.5) is 5.82 Å². The molecule has 0 saturated heterocycles. The van der Waals surface area contributed by atoms with Crippen molar-refractivity contribution < 1.29 is 8.42 Å². The largest absolute Gasteiger partial charge is 0.369 e. The summed E-state index contributed by atoms with van der Waals surface area (Å²) in [7, 11) is -3.53. The molecule has 1 aromatic rings. The first-order chi connectivity index (χ1) is 9.51. The Hall–Kier alpha value is -0.850. The van der Waals surface area contributed by atoms with Crippen LogP contribution in [0.25, 0.3) is 0 Å². The lowest BCUT2D eigenvalue weighted by Gasteiger charge is -2.09. The summed E-state index contributed by atoms with van der Waals surface area (Å²) < 4.78 is 26.7. The molecule has 0 unspecified atom stereocenters. The molecular formula is C13H22ClN3O2S. The van der Waals surface area contributed by atoms with Gasteiger partial charge in [0.1, 0.15) is 10.7 Å². The van der Waals surface area contributed by atoms with Crippen molar-refractivity contribution in [3.63, 3.8) is 0 Å². The van der Waals surface area contributed by atoms with Crippen LogP contribution in [0.5, 0.6) is 0 Å². The summed E-state index contributed by atoms with van der Waals surface area (Å²) in [6.07, 6.45) is 5.42. The van der Waals surface area contributed by atoms with Crippen LogP contribution in [0.3, 0.4) is 0 Å². The first-order valence-electron chi connectivity index (χ1n) is 6.90. The summed E-state index contributed by atoms with van der Waals surface area (Å²) in [5, 5.41) is 3.27. The van der Waals surface area contributed by atoms with Crippen molar-refractivity contribution >= 4 is 27.4 Å². The lowest BCUT2D eigenvalue weighted by molar-refractivity contribution is 0.573. The second kappa shape index (κ2) is 8.44. The first-order valence-corrected chi connectivity index (χ1v) is 8.76. The minimum atomic E-state index is -3.53. The van der Waals surface area contributed by atoms with Gasteiger partial charge in [-0.25, -0.2) is 18.1 Å². The van der Waals surface area contributed by atoms with Gasteiger partial charge in [0.25, 0.3) is 0 Å². The predicted octanol–water partition coefficient (Wildman–Crippen LogP) is 3.03. The van der Waals surface area contributed by atoms with E-state index in [1.807, 2.05) is 6.92 Å². The molecule has 1 heterocycles. The Balaban J connectivity index is 2.65. The fraction of sp³-hybridized carbons (Fsp3) is 0.615. The number of halogens is 1. The predicted molar refractivity (Wildman–Crippen MR) is 82.7 cm³/mol. The van der Waals surface area contributed by atoms with Crippen LogP contribution in [0.2, 0.25) is 5.02 Å². The molecule has 0 aromatic carbocycles. The number of aromatic nitrogens is 1. The molecular weight excluding hydrogens is 298 g/mol. The van der Waals surface area contributed by atoms with Crippen molar-refractivity contribution in [2.24, 2.45) is 0 Å². The Labute approximate surface area is 126 Å². The highest BCUT2D eigenvalue weighted by Gasteiger charge is 2.15. The normalized spacial score (nSPS) is 11.6. The van der Waals surface area contributed by atoms with Gasteiger partial charge in [-0.3, -0.25) is 0 Å². The van der Waals surface area contributed by atoms with Crippen LogP contribution in [-0.4, -0.2) is 26.5 Å². The summed E-state index contributed by atoms with van der Waals surface area (Å²) in [4.78, 5) is 4.13. The maximum Gasteiger partial charge on any atom is 0.242 e. The maximum atomic E-state index is 12.1. The molecule has 0 saturated carbocycles. The molecule has 0 fully saturated rings. The van der Waals surface area contributed by atoms with Gasteiger partial charge >= 0.3 is 0 Å². The molecule has 0 bridgehead atoms.